The van der Waals surface area contributed by atoms with Gasteiger partial charge in [-0.3, -0.25) is 5.01 Å². The Morgan fingerprint density at radius 2 is 1.70 bits per heavy atom. The fraction of sp³-hybridized carbons (Fsp3) is 0.278. The molecule has 5 nitrogen and oxygen atoms in total. The molecule has 23 heavy (non-hydrogen) atoms. The highest BCUT2D eigenvalue weighted by atomic mass is 16.5. The van der Waals surface area contributed by atoms with Crippen molar-refractivity contribution in [2.75, 3.05) is 25.3 Å². The predicted molar refractivity (Wildman–Crippen MR) is 90.0 cm³/mol. The van der Waals surface area contributed by atoms with E-state index in [1.165, 1.54) is 0 Å². The summed E-state index contributed by atoms with van der Waals surface area (Å²) < 4.78 is 5.18. The smallest absolute Gasteiger partial charge is 0.118 e. The molecule has 2 N–H and O–H groups in total. The van der Waals surface area contributed by atoms with Crippen LogP contribution in [0.25, 0.3) is 0 Å². The van der Waals surface area contributed by atoms with E-state index in [1.807, 2.05) is 54.6 Å². The van der Waals surface area contributed by atoms with Gasteiger partial charge >= 0.3 is 0 Å². The number of ether oxygens (including phenoxy) is 1. The molecule has 0 spiro atoms. The molecule has 0 aromatic heterocycles. The number of methoxy groups -OCH3 is 1. The van der Waals surface area contributed by atoms with Crippen molar-refractivity contribution in [1.29, 1.82) is 0 Å². The van der Waals surface area contributed by atoms with E-state index in [4.69, 9.17) is 4.74 Å². The number of aliphatic hydroxyl groups excluding tert-OH is 2. The Balaban J connectivity index is 1.99. The molecule has 0 fully saturated rings. The van der Waals surface area contributed by atoms with E-state index in [2.05, 4.69) is 5.10 Å². The number of hydrogen-bond donors (Lipinski definition) is 2. The summed E-state index contributed by atoms with van der Waals surface area (Å²) in [5.41, 5.74) is 1.81. The van der Waals surface area contributed by atoms with Crippen molar-refractivity contribution in [2.24, 2.45) is 5.10 Å². The minimum atomic E-state index is -0.823. The number of anilines is 1. The van der Waals surface area contributed by atoms with Crippen LogP contribution in [0.5, 0.6) is 5.75 Å². The van der Waals surface area contributed by atoms with Crippen molar-refractivity contribution in [3.63, 3.8) is 0 Å². The van der Waals surface area contributed by atoms with E-state index >= 15 is 0 Å². The average molecular weight is 312 g/mol. The predicted octanol–water partition coefficient (Wildman–Crippen LogP) is 2.03. The normalized spacial score (nSPS) is 16.3. The van der Waals surface area contributed by atoms with E-state index in [-0.39, 0.29) is 13.2 Å². The minimum Gasteiger partial charge on any atom is -0.497 e. The van der Waals surface area contributed by atoms with Crippen molar-refractivity contribution in [3.05, 3.63) is 60.2 Å². The highest BCUT2D eigenvalue weighted by Crippen LogP contribution is 2.34. The molecule has 1 heterocycles. The van der Waals surface area contributed by atoms with Gasteiger partial charge in [0.2, 0.25) is 0 Å². The van der Waals surface area contributed by atoms with Crippen LogP contribution in [0.1, 0.15) is 12.0 Å². The van der Waals surface area contributed by atoms with Gasteiger partial charge in [0.05, 0.1) is 31.7 Å². The largest absolute Gasteiger partial charge is 0.497 e. The number of benzene rings is 2. The molecule has 0 amide bonds. The molecular weight excluding hydrogens is 292 g/mol. The van der Waals surface area contributed by atoms with Gasteiger partial charge in [-0.15, -0.1) is 0 Å². The first-order valence-corrected chi connectivity index (χ1v) is 7.51. The van der Waals surface area contributed by atoms with Gasteiger partial charge in [0.1, 0.15) is 11.3 Å². The van der Waals surface area contributed by atoms with Gasteiger partial charge in [-0.25, -0.2) is 0 Å². The molecule has 0 saturated heterocycles. The maximum absolute atomic E-state index is 9.90. The third kappa shape index (κ3) is 2.81. The summed E-state index contributed by atoms with van der Waals surface area (Å²) in [6.45, 7) is -0.358. The zero-order valence-corrected chi connectivity index (χ0v) is 13.0. The lowest BCUT2D eigenvalue weighted by Crippen LogP contribution is -2.49. The second-order valence-corrected chi connectivity index (χ2v) is 5.64. The second kappa shape index (κ2) is 6.40. The summed E-state index contributed by atoms with van der Waals surface area (Å²) in [6.07, 6.45) is 0.473. The van der Waals surface area contributed by atoms with E-state index in [9.17, 15) is 10.2 Å². The van der Waals surface area contributed by atoms with Crippen LogP contribution in [-0.2, 0) is 0 Å². The number of hydrazone groups is 1. The molecule has 5 heteroatoms. The summed E-state index contributed by atoms with van der Waals surface area (Å²) >= 11 is 0. The van der Waals surface area contributed by atoms with Gasteiger partial charge in [-0.05, 0) is 42.0 Å². The molecule has 1 aliphatic rings. The molecule has 3 rings (SSSR count). The fourth-order valence-electron chi connectivity index (χ4n) is 2.79. The fourth-order valence-corrected chi connectivity index (χ4v) is 2.79. The number of hydrogen-bond acceptors (Lipinski definition) is 5. The Kier molecular flexibility index (Phi) is 4.32. The standard InChI is InChI=1S/C18H20N2O3/c1-23-16-9-7-14(8-10-16)17-11-18(12-21,13-22)20(19-17)15-5-3-2-4-6-15/h2-10,21-22H,11-13H2,1H3. The van der Waals surface area contributed by atoms with Crippen LogP contribution >= 0.6 is 0 Å². The summed E-state index contributed by atoms with van der Waals surface area (Å²) in [4.78, 5) is 0. The summed E-state index contributed by atoms with van der Waals surface area (Å²) in [5, 5.41) is 26.2. The molecule has 0 aliphatic carbocycles. The molecular formula is C18H20N2O3. The Labute approximate surface area is 135 Å². The quantitative estimate of drug-likeness (QED) is 0.887. The summed E-state index contributed by atoms with van der Waals surface area (Å²) in [6, 6.07) is 17.2. The summed E-state index contributed by atoms with van der Waals surface area (Å²) in [5.74, 6) is 0.780. The number of nitrogens with zero attached hydrogens (tertiary/aromatic N) is 2. The van der Waals surface area contributed by atoms with E-state index < -0.39 is 5.54 Å². The van der Waals surface area contributed by atoms with Gasteiger partial charge in [-0.2, -0.15) is 5.10 Å². The Hall–Kier alpha value is -2.37. The van der Waals surface area contributed by atoms with Crippen molar-refractivity contribution in [2.45, 2.75) is 12.0 Å². The van der Waals surface area contributed by atoms with Gasteiger partial charge in [0.25, 0.3) is 0 Å². The third-order valence-electron chi connectivity index (χ3n) is 4.18. The van der Waals surface area contributed by atoms with Crippen molar-refractivity contribution in [3.8, 4) is 5.75 Å². The second-order valence-electron chi connectivity index (χ2n) is 5.64. The Morgan fingerprint density at radius 3 is 2.26 bits per heavy atom. The van der Waals surface area contributed by atoms with Crippen molar-refractivity contribution >= 4 is 11.4 Å². The third-order valence-corrected chi connectivity index (χ3v) is 4.18. The van der Waals surface area contributed by atoms with Crippen LogP contribution in [-0.4, -0.2) is 41.8 Å². The van der Waals surface area contributed by atoms with Crippen LogP contribution in [0.15, 0.2) is 59.7 Å². The minimum absolute atomic E-state index is 0.179. The number of aliphatic hydroxyl groups is 2. The lowest BCUT2D eigenvalue weighted by molar-refractivity contribution is 0.124. The van der Waals surface area contributed by atoms with E-state index in [0.29, 0.717) is 6.42 Å². The van der Waals surface area contributed by atoms with Crippen molar-refractivity contribution < 1.29 is 14.9 Å². The highest BCUT2D eigenvalue weighted by Gasteiger charge is 2.43. The molecule has 1 aliphatic heterocycles. The van der Waals surface area contributed by atoms with Gasteiger partial charge in [-0.1, -0.05) is 18.2 Å². The molecule has 0 atom stereocenters. The van der Waals surface area contributed by atoms with Crippen LogP contribution in [0.2, 0.25) is 0 Å². The Bertz CT molecular complexity index is 679. The number of para-hydroxylation sites is 1. The maximum atomic E-state index is 9.90. The monoisotopic (exact) mass is 312 g/mol. The van der Waals surface area contributed by atoms with Crippen molar-refractivity contribution in [1.82, 2.24) is 0 Å². The summed E-state index contributed by atoms with van der Waals surface area (Å²) in [7, 11) is 1.63. The molecule has 0 unspecified atom stereocenters. The van der Waals surface area contributed by atoms with E-state index in [1.54, 1.807) is 12.1 Å². The van der Waals surface area contributed by atoms with Crippen LogP contribution in [0.4, 0.5) is 5.69 Å². The highest BCUT2D eigenvalue weighted by molar-refractivity contribution is 6.04. The molecule has 0 saturated carbocycles. The first-order chi connectivity index (χ1) is 11.2. The van der Waals surface area contributed by atoms with Crippen LogP contribution < -0.4 is 9.75 Å². The molecule has 0 bridgehead atoms. The topological polar surface area (TPSA) is 65.3 Å². The van der Waals surface area contributed by atoms with E-state index in [0.717, 1.165) is 22.7 Å². The van der Waals surface area contributed by atoms with Gasteiger partial charge in [0, 0.05) is 6.42 Å². The average Bonchev–Trinajstić information content (AvgIpc) is 3.03. The zero-order valence-electron chi connectivity index (χ0n) is 13.0. The lowest BCUT2D eigenvalue weighted by atomic mass is 9.92. The Morgan fingerprint density at radius 1 is 1.04 bits per heavy atom. The molecule has 2 aromatic rings. The first kappa shape index (κ1) is 15.5. The molecule has 120 valence electrons. The SMILES string of the molecule is COc1ccc(C2=NN(c3ccccc3)C(CO)(CO)C2)cc1. The molecule has 0 radical (unpaired) electrons. The number of rotatable bonds is 5. The van der Waals surface area contributed by atoms with Crippen LogP contribution in [0, 0.1) is 0 Å². The first-order valence-electron chi connectivity index (χ1n) is 7.51. The zero-order chi connectivity index (χ0) is 16.3. The maximum Gasteiger partial charge on any atom is 0.118 e. The molecule has 2 aromatic carbocycles. The van der Waals surface area contributed by atoms with Gasteiger partial charge in [0.15, 0.2) is 0 Å². The lowest BCUT2D eigenvalue weighted by Gasteiger charge is -2.34. The van der Waals surface area contributed by atoms with Gasteiger partial charge < -0.3 is 14.9 Å². The van der Waals surface area contributed by atoms with Crippen LogP contribution in [0.3, 0.4) is 0 Å².